The number of aryl methyl sites for hydroxylation is 1. The highest BCUT2D eigenvalue weighted by Crippen LogP contribution is 2.26. The molecule has 0 aliphatic heterocycles. The van der Waals surface area contributed by atoms with Gasteiger partial charge in [0.25, 0.3) is 0 Å². The van der Waals surface area contributed by atoms with Crippen molar-refractivity contribution in [3.05, 3.63) is 65.5 Å². The summed E-state index contributed by atoms with van der Waals surface area (Å²) in [4.78, 5) is 12.7. The molecular formula is C21H23N3O3. The Morgan fingerprint density at radius 1 is 1.07 bits per heavy atom. The van der Waals surface area contributed by atoms with Gasteiger partial charge in [0.2, 0.25) is 5.91 Å². The molecular weight excluding hydrogens is 342 g/mol. The normalized spacial score (nSPS) is 10.5. The van der Waals surface area contributed by atoms with Crippen LogP contribution < -0.4 is 14.8 Å². The van der Waals surface area contributed by atoms with Gasteiger partial charge in [0.05, 0.1) is 43.4 Å². The first kappa shape index (κ1) is 18.5. The van der Waals surface area contributed by atoms with E-state index in [4.69, 9.17) is 9.47 Å². The Labute approximate surface area is 158 Å². The summed E-state index contributed by atoms with van der Waals surface area (Å²) in [7, 11) is 3.18. The molecule has 0 radical (unpaired) electrons. The molecule has 2 aromatic carbocycles. The lowest BCUT2D eigenvalue weighted by atomic mass is 10.1. The van der Waals surface area contributed by atoms with Crippen LogP contribution in [-0.4, -0.2) is 29.9 Å². The van der Waals surface area contributed by atoms with Crippen molar-refractivity contribution in [1.29, 1.82) is 0 Å². The summed E-state index contributed by atoms with van der Waals surface area (Å²) < 4.78 is 12.4. The second-order valence-corrected chi connectivity index (χ2v) is 6.20. The van der Waals surface area contributed by atoms with Crippen molar-refractivity contribution in [2.45, 2.75) is 20.3 Å². The van der Waals surface area contributed by atoms with Crippen LogP contribution in [0, 0.1) is 13.8 Å². The average molecular weight is 365 g/mol. The largest absolute Gasteiger partial charge is 0.497 e. The summed E-state index contributed by atoms with van der Waals surface area (Å²) in [5.74, 6) is 1.20. The lowest BCUT2D eigenvalue weighted by Crippen LogP contribution is -2.16. The molecule has 3 rings (SSSR count). The summed E-state index contributed by atoms with van der Waals surface area (Å²) in [6.07, 6.45) is 0.176. The van der Waals surface area contributed by atoms with Crippen LogP contribution in [0.4, 0.5) is 5.69 Å². The molecule has 0 saturated carbocycles. The third-order valence-electron chi connectivity index (χ3n) is 4.40. The molecule has 0 aliphatic carbocycles. The van der Waals surface area contributed by atoms with Gasteiger partial charge in [-0.2, -0.15) is 5.10 Å². The van der Waals surface area contributed by atoms with Crippen molar-refractivity contribution in [3.8, 4) is 17.2 Å². The zero-order chi connectivity index (χ0) is 19.4. The zero-order valence-corrected chi connectivity index (χ0v) is 15.9. The lowest BCUT2D eigenvalue weighted by Gasteiger charge is -2.11. The summed E-state index contributed by atoms with van der Waals surface area (Å²) in [5, 5.41) is 7.55. The third-order valence-corrected chi connectivity index (χ3v) is 4.40. The fourth-order valence-electron chi connectivity index (χ4n) is 3.02. The molecule has 0 aliphatic rings. The number of rotatable bonds is 6. The van der Waals surface area contributed by atoms with Crippen molar-refractivity contribution in [2.75, 3.05) is 19.5 Å². The van der Waals surface area contributed by atoms with Gasteiger partial charge in [0.1, 0.15) is 11.5 Å². The number of nitrogens with one attached hydrogen (secondary N) is 1. The predicted octanol–water partition coefficient (Wildman–Crippen LogP) is 3.69. The van der Waals surface area contributed by atoms with Crippen LogP contribution in [0.3, 0.4) is 0 Å². The van der Waals surface area contributed by atoms with Crippen LogP contribution in [-0.2, 0) is 11.2 Å². The number of anilines is 1. The lowest BCUT2D eigenvalue weighted by molar-refractivity contribution is -0.115. The summed E-state index contributed by atoms with van der Waals surface area (Å²) in [6.45, 7) is 3.82. The smallest absolute Gasteiger partial charge is 0.229 e. The van der Waals surface area contributed by atoms with E-state index in [0.29, 0.717) is 11.5 Å². The molecule has 0 unspecified atom stereocenters. The van der Waals surface area contributed by atoms with Crippen molar-refractivity contribution in [2.24, 2.45) is 0 Å². The molecule has 140 valence electrons. The second-order valence-electron chi connectivity index (χ2n) is 6.20. The Morgan fingerprint density at radius 3 is 2.48 bits per heavy atom. The Kier molecular flexibility index (Phi) is 5.45. The van der Waals surface area contributed by atoms with E-state index in [1.807, 2.05) is 54.9 Å². The number of methoxy groups -OCH3 is 2. The van der Waals surface area contributed by atoms with E-state index in [1.54, 1.807) is 26.4 Å². The molecule has 0 bridgehead atoms. The van der Waals surface area contributed by atoms with Crippen LogP contribution in [0.5, 0.6) is 11.5 Å². The average Bonchev–Trinajstić information content (AvgIpc) is 2.96. The molecule has 6 nitrogen and oxygen atoms in total. The molecule has 0 saturated heterocycles. The van der Waals surface area contributed by atoms with Gasteiger partial charge in [-0.3, -0.25) is 4.79 Å². The standard InChI is InChI=1S/C21H23N3O3/c1-14-21(15(2)24(23-14)17-8-6-5-7-9-17)22-20(25)13-16-12-18(26-3)10-11-19(16)27-4/h5-12H,13H2,1-4H3,(H,22,25). The van der Waals surface area contributed by atoms with Crippen molar-refractivity contribution in [1.82, 2.24) is 9.78 Å². The highest BCUT2D eigenvalue weighted by atomic mass is 16.5. The van der Waals surface area contributed by atoms with E-state index in [1.165, 1.54) is 0 Å². The number of aromatic nitrogens is 2. The van der Waals surface area contributed by atoms with Gasteiger partial charge in [-0.15, -0.1) is 0 Å². The number of ether oxygens (including phenoxy) is 2. The number of carbonyl (C=O) groups excluding carboxylic acids is 1. The molecule has 1 heterocycles. The minimum atomic E-state index is -0.139. The fourth-order valence-corrected chi connectivity index (χ4v) is 3.02. The first-order valence-electron chi connectivity index (χ1n) is 8.66. The van der Waals surface area contributed by atoms with E-state index < -0.39 is 0 Å². The van der Waals surface area contributed by atoms with Gasteiger partial charge < -0.3 is 14.8 Å². The van der Waals surface area contributed by atoms with Crippen LogP contribution in [0.1, 0.15) is 17.0 Å². The molecule has 1 amide bonds. The van der Waals surface area contributed by atoms with E-state index in [9.17, 15) is 4.79 Å². The van der Waals surface area contributed by atoms with Gasteiger partial charge in [0, 0.05) is 5.56 Å². The highest BCUT2D eigenvalue weighted by molar-refractivity contribution is 5.93. The Bertz CT molecular complexity index is 949. The number of hydrogen-bond donors (Lipinski definition) is 1. The van der Waals surface area contributed by atoms with E-state index >= 15 is 0 Å². The number of para-hydroxylation sites is 1. The first-order chi connectivity index (χ1) is 13.0. The number of carbonyl (C=O) groups is 1. The summed E-state index contributed by atoms with van der Waals surface area (Å²) in [5.41, 5.74) is 4.09. The van der Waals surface area contributed by atoms with Gasteiger partial charge >= 0.3 is 0 Å². The van der Waals surface area contributed by atoms with Gasteiger partial charge in [-0.05, 0) is 44.2 Å². The summed E-state index contributed by atoms with van der Waals surface area (Å²) >= 11 is 0. The molecule has 3 aromatic rings. The molecule has 0 atom stereocenters. The molecule has 27 heavy (non-hydrogen) atoms. The SMILES string of the molecule is COc1ccc(OC)c(CC(=O)Nc2c(C)nn(-c3ccccc3)c2C)c1. The molecule has 0 spiro atoms. The Morgan fingerprint density at radius 2 is 1.81 bits per heavy atom. The fraction of sp³-hybridized carbons (Fsp3) is 0.238. The Balaban J connectivity index is 1.82. The maximum atomic E-state index is 12.7. The first-order valence-corrected chi connectivity index (χ1v) is 8.66. The van der Waals surface area contributed by atoms with E-state index in [2.05, 4.69) is 10.4 Å². The van der Waals surface area contributed by atoms with Crippen LogP contribution in [0.2, 0.25) is 0 Å². The predicted molar refractivity (Wildman–Crippen MR) is 105 cm³/mol. The van der Waals surface area contributed by atoms with Gasteiger partial charge in [0.15, 0.2) is 0 Å². The topological polar surface area (TPSA) is 65.4 Å². The van der Waals surface area contributed by atoms with Crippen LogP contribution >= 0.6 is 0 Å². The number of benzene rings is 2. The van der Waals surface area contributed by atoms with Gasteiger partial charge in [-0.1, -0.05) is 18.2 Å². The number of nitrogens with zero attached hydrogens (tertiary/aromatic N) is 2. The monoisotopic (exact) mass is 365 g/mol. The van der Waals surface area contributed by atoms with Gasteiger partial charge in [-0.25, -0.2) is 4.68 Å². The van der Waals surface area contributed by atoms with E-state index in [-0.39, 0.29) is 12.3 Å². The third kappa shape index (κ3) is 3.95. The molecule has 1 aromatic heterocycles. The maximum absolute atomic E-state index is 12.7. The number of hydrogen-bond acceptors (Lipinski definition) is 4. The minimum absolute atomic E-state index is 0.139. The number of amides is 1. The van der Waals surface area contributed by atoms with Crippen molar-refractivity contribution >= 4 is 11.6 Å². The van der Waals surface area contributed by atoms with Crippen LogP contribution in [0.25, 0.3) is 5.69 Å². The minimum Gasteiger partial charge on any atom is -0.497 e. The van der Waals surface area contributed by atoms with Crippen molar-refractivity contribution < 1.29 is 14.3 Å². The molecule has 1 N–H and O–H groups in total. The van der Waals surface area contributed by atoms with Crippen molar-refractivity contribution in [3.63, 3.8) is 0 Å². The highest BCUT2D eigenvalue weighted by Gasteiger charge is 2.17. The summed E-state index contributed by atoms with van der Waals surface area (Å²) in [6, 6.07) is 15.2. The quantitative estimate of drug-likeness (QED) is 0.724. The molecule has 6 heteroatoms. The van der Waals surface area contributed by atoms with E-state index in [0.717, 1.165) is 28.3 Å². The Hall–Kier alpha value is -3.28. The molecule has 0 fully saturated rings. The maximum Gasteiger partial charge on any atom is 0.229 e. The second kappa shape index (κ2) is 7.95. The van der Waals surface area contributed by atoms with Crippen LogP contribution in [0.15, 0.2) is 48.5 Å². The zero-order valence-electron chi connectivity index (χ0n) is 15.9.